The molecular weight excluding hydrogens is 366 g/mol. The fourth-order valence-electron chi connectivity index (χ4n) is 3.18. The summed E-state index contributed by atoms with van der Waals surface area (Å²) in [4.78, 5) is 21.8. The van der Waals surface area contributed by atoms with Gasteiger partial charge in [-0.15, -0.1) is 0 Å². The standard InChI is InChI=1S/C18H21N5O3S/c24-18(23-11-14(12-23)9-13-5-6-13)21-15-3-1-4-16(10-15)27(25,26)22-17-19-7-2-8-20-17/h1-4,7-8,10,13-14H,5-6,9,11-12H2,(H,21,24)(H,19,20,22). The summed E-state index contributed by atoms with van der Waals surface area (Å²) in [5.74, 6) is 1.46. The van der Waals surface area contributed by atoms with Crippen molar-refractivity contribution >= 4 is 27.7 Å². The first-order chi connectivity index (χ1) is 13.0. The van der Waals surface area contributed by atoms with Crippen LogP contribution in [0.4, 0.5) is 16.4 Å². The van der Waals surface area contributed by atoms with E-state index in [4.69, 9.17) is 0 Å². The van der Waals surface area contributed by atoms with Gasteiger partial charge in [0.2, 0.25) is 5.95 Å². The summed E-state index contributed by atoms with van der Waals surface area (Å²) in [6.07, 6.45) is 6.76. The van der Waals surface area contributed by atoms with E-state index in [1.807, 2.05) is 0 Å². The molecule has 0 atom stereocenters. The molecule has 0 radical (unpaired) electrons. The van der Waals surface area contributed by atoms with Gasteiger partial charge in [-0.25, -0.2) is 27.9 Å². The van der Waals surface area contributed by atoms with E-state index < -0.39 is 10.0 Å². The van der Waals surface area contributed by atoms with Gasteiger partial charge in [0.05, 0.1) is 4.90 Å². The molecule has 1 saturated carbocycles. The van der Waals surface area contributed by atoms with E-state index in [-0.39, 0.29) is 16.9 Å². The molecule has 142 valence electrons. The molecule has 2 aliphatic rings. The molecule has 1 aliphatic carbocycles. The number of hydrogen-bond acceptors (Lipinski definition) is 5. The van der Waals surface area contributed by atoms with Gasteiger partial charge in [-0.2, -0.15) is 0 Å². The number of nitrogens with zero attached hydrogens (tertiary/aromatic N) is 3. The molecule has 0 bridgehead atoms. The number of aromatic nitrogens is 2. The van der Waals surface area contributed by atoms with Crippen LogP contribution in [0.2, 0.25) is 0 Å². The molecule has 2 heterocycles. The Morgan fingerprint density at radius 1 is 1.11 bits per heavy atom. The number of carbonyl (C=O) groups is 1. The fraction of sp³-hybridized carbons (Fsp3) is 0.389. The van der Waals surface area contributed by atoms with Crippen LogP contribution in [0.1, 0.15) is 19.3 Å². The van der Waals surface area contributed by atoms with Crippen molar-refractivity contribution in [1.29, 1.82) is 0 Å². The molecule has 2 N–H and O–H groups in total. The third-order valence-electron chi connectivity index (χ3n) is 4.80. The van der Waals surface area contributed by atoms with Crippen LogP contribution in [-0.4, -0.2) is 42.4 Å². The zero-order valence-electron chi connectivity index (χ0n) is 14.7. The lowest BCUT2D eigenvalue weighted by Gasteiger charge is -2.39. The second-order valence-electron chi connectivity index (χ2n) is 7.09. The van der Waals surface area contributed by atoms with Crippen molar-refractivity contribution in [2.75, 3.05) is 23.1 Å². The lowest BCUT2D eigenvalue weighted by atomic mass is 9.94. The molecule has 0 unspecified atom stereocenters. The summed E-state index contributed by atoms with van der Waals surface area (Å²) < 4.78 is 27.3. The highest BCUT2D eigenvalue weighted by molar-refractivity contribution is 7.92. The summed E-state index contributed by atoms with van der Waals surface area (Å²) in [5.41, 5.74) is 0.433. The smallest absolute Gasteiger partial charge is 0.321 e. The molecule has 2 aromatic rings. The van der Waals surface area contributed by atoms with Gasteiger partial charge in [0.25, 0.3) is 10.0 Å². The zero-order chi connectivity index (χ0) is 18.9. The van der Waals surface area contributed by atoms with Crippen LogP contribution in [-0.2, 0) is 10.0 Å². The van der Waals surface area contributed by atoms with Crippen LogP contribution in [0.3, 0.4) is 0 Å². The summed E-state index contributed by atoms with van der Waals surface area (Å²) in [5, 5.41) is 2.77. The van der Waals surface area contributed by atoms with Crippen molar-refractivity contribution in [2.24, 2.45) is 11.8 Å². The minimum absolute atomic E-state index is 0.00535. The van der Waals surface area contributed by atoms with Crippen LogP contribution >= 0.6 is 0 Å². The normalized spacial score (nSPS) is 17.3. The first-order valence-electron chi connectivity index (χ1n) is 8.95. The predicted octanol–water partition coefficient (Wildman–Crippen LogP) is 2.54. The zero-order valence-corrected chi connectivity index (χ0v) is 15.5. The third kappa shape index (κ3) is 4.36. The maximum atomic E-state index is 12.5. The number of benzene rings is 1. The number of likely N-dealkylation sites (tertiary alicyclic amines) is 1. The minimum Gasteiger partial charge on any atom is -0.324 e. The van der Waals surface area contributed by atoms with Gasteiger partial charge in [0.15, 0.2) is 0 Å². The lowest BCUT2D eigenvalue weighted by molar-refractivity contribution is 0.122. The van der Waals surface area contributed by atoms with E-state index >= 15 is 0 Å². The van der Waals surface area contributed by atoms with Crippen molar-refractivity contribution < 1.29 is 13.2 Å². The Balaban J connectivity index is 1.38. The summed E-state index contributed by atoms with van der Waals surface area (Å²) >= 11 is 0. The third-order valence-corrected chi connectivity index (χ3v) is 6.12. The van der Waals surface area contributed by atoms with E-state index in [9.17, 15) is 13.2 Å². The van der Waals surface area contributed by atoms with Gasteiger partial charge in [-0.05, 0) is 42.5 Å². The first-order valence-corrected chi connectivity index (χ1v) is 10.4. The van der Waals surface area contributed by atoms with Crippen molar-refractivity contribution in [3.05, 3.63) is 42.7 Å². The molecule has 1 aromatic carbocycles. The van der Waals surface area contributed by atoms with E-state index in [0.29, 0.717) is 11.6 Å². The molecule has 8 nitrogen and oxygen atoms in total. The van der Waals surface area contributed by atoms with Crippen LogP contribution in [0.5, 0.6) is 0 Å². The molecule has 1 saturated heterocycles. The first kappa shape index (κ1) is 17.7. The van der Waals surface area contributed by atoms with E-state index in [1.165, 1.54) is 43.8 Å². The second-order valence-corrected chi connectivity index (χ2v) is 8.77. The molecule has 27 heavy (non-hydrogen) atoms. The average molecular weight is 387 g/mol. The molecule has 4 rings (SSSR count). The number of rotatable bonds is 6. The van der Waals surface area contributed by atoms with Crippen LogP contribution in [0, 0.1) is 11.8 Å². The van der Waals surface area contributed by atoms with Gasteiger partial charge in [-0.1, -0.05) is 18.9 Å². The second kappa shape index (κ2) is 7.15. The lowest BCUT2D eigenvalue weighted by Crippen LogP contribution is -2.51. The van der Waals surface area contributed by atoms with Gasteiger partial charge >= 0.3 is 6.03 Å². The molecule has 1 aromatic heterocycles. The number of anilines is 2. The number of urea groups is 1. The molecule has 9 heteroatoms. The van der Waals surface area contributed by atoms with Gasteiger partial charge < -0.3 is 10.2 Å². The highest BCUT2D eigenvalue weighted by Crippen LogP contribution is 2.38. The maximum Gasteiger partial charge on any atom is 0.321 e. The molecular formula is C18H21N5O3S. The van der Waals surface area contributed by atoms with Gasteiger partial charge in [0.1, 0.15) is 0 Å². The Labute approximate surface area is 158 Å². The molecule has 0 spiro atoms. The number of amides is 2. The number of hydrogen-bond donors (Lipinski definition) is 2. The van der Waals surface area contributed by atoms with Crippen LogP contribution in [0.15, 0.2) is 47.6 Å². The molecule has 2 amide bonds. The van der Waals surface area contributed by atoms with E-state index in [1.54, 1.807) is 23.1 Å². The van der Waals surface area contributed by atoms with Gasteiger partial charge in [-0.3, -0.25) is 0 Å². The summed E-state index contributed by atoms with van der Waals surface area (Å²) in [7, 11) is -3.84. The summed E-state index contributed by atoms with van der Waals surface area (Å²) in [6, 6.07) is 7.52. The Bertz CT molecular complexity index is 925. The average Bonchev–Trinajstić information content (AvgIpc) is 3.42. The monoisotopic (exact) mass is 387 g/mol. The highest BCUT2D eigenvalue weighted by Gasteiger charge is 2.35. The predicted molar refractivity (Wildman–Crippen MR) is 101 cm³/mol. The SMILES string of the molecule is O=C(Nc1cccc(S(=O)(=O)Nc2ncccn2)c1)N1CC(CC2CC2)C1. The molecule has 2 fully saturated rings. The Kier molecular flexibility index (Phi) is 4.69. The van der Waals surface area contributed by atoms with Crippen molar-refractivity contribution in [2.45, 2.75) is 24.2 Å². The topological polar surface area (TPSA) is 104 Å². The van der Waals surface area contributed by atoms with Crippen molar-refractivity contribution in [3.8, 4) is 0 Å². The Morgan fingerprint density at radius 3 is 2.56 bits per heavy atom. The van der Waals surface area contributed by atoms with Gasteiger partial charge in [0, 0.05) is 31.2 Å². The Morgan fingerprint density at radius 2 is 1.85 bits per heavy atom. The quantitative estimate of drug-likeness (QED) is 0.793. The molecule has 1 aliphatic heterocycles. The number of nitrogens with one attached hydrogen (secondary N) is 2. The van der Waals surface area contributed by atoms with E-state index in [2.05, 4.69) is 20.0 Å². The maximum absolute atomic E-state index is 12.5. The highest BCUT2D eigenvalue weighted by atomic mass is 32.2. The fourth-order valence-corrected chi connectivity index (χ4v) is 4.19. The van der Waals surface area contributed by atoms with Crippen molar-refractivity contribution in [1.82, 2.24) is 14.9 Å². The van der Waals surface area contributed by atoms with Crippen LogP contribution in [0.25, 0.3) is 0 Å². The number of sulfonamides is 1. The summed E-state index contributed by atoms with van der Waals surface area (Å²) in [6.45, 7) is 1.54. The minimum atomic E-state index is -3.84. The number of carbonyl (C=O) groups excluding carboxylic acids is 1. The Hall–Kier alpha value is -2.68. The largest absolute Gasteiger partial charge is 0.324 e. The van der Waals surface area contributed by atoms with Crippen LogP contribution < -0.4 is 10.0 Å². The van der Waals surface area contributed by atoms with Crippen molar-refractivity contribution in [3.63, 3.8) is 0 Å². The van der Waals surface area contributed by atoms with E-state index in [0.717, 1.165) is 19.0 Å².